The molecule has 4 N–H and O–H groups in total. The van der Waals surface area contributed by atoms with Gasteiger partial charge in [0.05, 0.1) is 46.2 Å². The number of fused-ring (bicyclic) bond motifs is 2. The van der Waals surface area contributed by atoms with Crippen LogP contribution in [0.2, 0.25) is 0 Å². The molecule has 3 saturated heterocycles. The number of halogens is 2. The van der Waals surface area contributed by atoms with Crippen LogP contribution in [-0.2, 0) is 0 Å². The van der Waals surface area contributed by atoms with Gasteiger partial charge in [0.2, 0.25) is 0 Å². The topological polar surface area (TPSA) is 93.9 Å². The molecule has 5 aromatic rings. The van der Waals surface area contributed by atoms with Crippen molar-refractivity contribution in [3.05, 3.63) is 83.4 Å². The Bertz CT molecular complexity index is 1650. The summed E-state index contributed by atoms with van der Waals surface area (Å²) in [5, 5.41) is 7.08. The fraction of sp³-hybridized carbons (Fsp3) is 0.412. The number of imidazole rings is 2. The molecule has 0 spiro atoms. The Morgan fingerprint density at radius 3 is 1.75 bits per heavy atom. The molecule has 0 amide bonds. The van der Waals surface area contributed by atoms with Gasteiger partial charge < -0.3 is 30.2 Å². The molecule has 3 fully saturated rings. The summed E-state index contributed by atoms with van der Waals surface area (Å²) < 4.78 is 30.8. The van der Waals surface area contributed by atoms with Gasteiger partial charge in [0.15, 0.2) is 0 Å². The Labute approximate surface area is 254 Å². The van der Waals surface area contributed by atoms with Crippen molar-refractivity contribution in [2.75, 3.05) is 24.6 Å². The second-order valence-corrected chi connectivity index (χ2v) is 12.3. The third kappa shape index (κ3) is 5.20. The molecule has 0 unspecified atom stereocenters. The van der Waals surface area contributed by atoms with Crippen LogP contribution in [-0.4, -0.2) is 46.1 Å². The average Bonchev–Trinajstić information content (AvgIpc) is 3.88. The number of aromatic nitrogens is 4. The Hall–Kier alpha value is -4.02. The molecule has 228 valence electrons. The predicted octanol–water partition coefficient (Wildman–Crippen LogP) is 7.01. The van der Waals surface area contributed by atoms with Crippen LogP contribution >= 0.6 is 0 Å². The van der Waals surface area contributed by atoms with Gasteiger partial charge in [-0.15, -0.1) is 0 Å². The monoisotopic (exact) mass is 597 g/mol. The van der Waals surface area contributed by atoms with Gasteiger partial charge >= 0.3 is 0 Å². The highest BCUT2D eigenvalue weighted by Crippen LogP contribution is 2.48. The number of hydrogen-bond acceptors (Lipinski definition) is 6. The van der Waals surface area contributed by atoms with Crippen LogP contribution in [0.25, 0.3) is 22.1 Å². The van der Waals surface area contributed by atoms with Gasteiger partial charge in [-0.1, -0.05) is 12.1 Å². The molecule has 4 atom stereocenters. The van der Waals surface area contributed by atoms with Crippen molar-refractivity contribution in [3.63, 3.8) is 0 Å². The van der Waals surface area contributed by atoms with Crippen molar-refractivity contribution in [3.8, 4) is 5.75 Å². The standard InChI is InChI=1S/C34H37F2N7O/c35-32(36)19-44-23-9-7-22(8-10-23)43-30(20-5-11-24-28(17-20)41-33(39-24)26-3-1-15-37-26)13-14-31(43)21-6-12-25-29(18-21)42-34(40-25)27-4-2-16-38-27/h5-12,17-18,26-27,30-32,37-38H,1-4,13-16,19H2,(H,39,41)(H,40,42)/t26-,27-,30+,31+/m0/s1. The highest BCUT2D eigenvalue weighted by atomic mass is 19.3. The van der Waals surface area contributed by atoms with Crippen LogP contribution in [0.4, 0.5) is 14.5 Å². The second kappa shape index (κ2) is 11.5. The summed E-state index contributed by atoms with van der Waals surface area (Å²) in [4.78, 5) is 19.4. The van der Waals surface area contributed by atoms with E-state index in [1.807, 2.05) is 12.1 Å². The minimum absolute atomic E-state index is 0.129. The maximum atomic E-state index is 12.8. The second-order valence-electron chi connectivity index (χ2n) is 12.3. The molecule has 0 bridgehead atoms. The summed E-state index contributed by atoms with van der Waals surface area (Å²) in [7, 11) is 0. The molecule has 8 nitrogen and oxygen atoms in total. The maximum absolute atomic E-state index is 12.8. The number of ether oxygens (including phenoxy) is 1. The van der Waals surface area contributed by atoms with E-state index in [2.05, 4.69) is 61.9 Å². The first-order valence-corrected chi connectivity index (χ1v) is 15.8. The smallest absolute Gasteiger partial charge is 0.272 e. The lowest BCUT2D eigenvalue weighted by Gasteiger charge is -2.33. The first-order chi connectivity index (χ1) is 21.6. The van der Waals surface area contributed by atoms with Crippen molar-refractivity contribution in [2.24, 2.45) is 0 Å². The summed E-state index contributed by atoms with van der Waals surface area (Å²) in [6.07, 6.45) is 3.97. The van der Waals surface area contributed by atoms with E-state index in [-0.39, 0.29) is 24.2 Å². The quantitative estimate of drug-likeness (QED) is 0.154. The van der Waals surface area contributed by atoms with Gasteiger partial charge in [-0.05, 0) is 111 Å². The van der Waals surface area contributed by atoms with Crippen molar-refractivity contribution in [2.45, 2.75) is 69.1 Å². The normalized spacial score (nSPS) is 23.9. The Balaban J connectivity index is 1.14. The minimum atomic E-state index is -2.51. The highest BCUT2D eigenvalue weighted by Gasteiger charge is 2.36. The van der Waals surface area contributed by atoms with E-state index >= 15 is 0 Å². The largest absolute Gasteiger partial charge is 0.488 e. The summed E-state index contributed by atoms with van der Waals surface area (Å²) in [6.45, 7) is 1.44. The number of H-pyrrole nitrogens is 2. The van der Waals surface area contributed by atoms with Gasteiger partial charge in [-0.3, -0.25) is 0 Å². The fourth-order valence-electron chi connectivity index (χ4n) is 7.37. The summed E-state index contributed by atoms with van der Waals surface area (Å²) in [5.41, 5.74) is 7.56. The summed E-state index contributed by atoms with van der Waals surface area (Å²) in [6, 6.07) is 21.5. The number of alkyl halides is 2. The van der Waals surface area contributed by atoms with Crippen molar-refractivity contribution >= 4 is 27.8 Å². The number of anilines is 1. The molecular formula is C34H37F2N7O. The van der Waals surface area contributed by atoms with Crippen LogP contribution in [0.3, 0.4) is 0 Å². The molecule has 5 heterocycles. The SMILES string of the molecule is FC(F)COc1ccc(N2[C@@H](c3ccc4nc([C@@H]5CCCN5)[nH]c4c3)CC[C@@H]2c2ccc3nc([C@@H]4CCCN4)[nH]c3c2)cc1. The molecule has 3 aliphatic heterocycles. The number of nitrogens with zero attached hydrogens (tertiary/aromatic N) is 3. The molecule has 10 heteroatoms. The van der Waals surface area contributed by atoms with Crippen LogP contribution in [0.1, 0.15) is 85.5 Å². The predicted molar refractivity (Wildman–Crippen MR) is 167 cm³/mol. The number of aromatic amines is 2. The third-order valence-electron chi connectivity index (χ3n) is 9.49. The first kappa shape index (κ1) is 27.5. The van der Waals surface area contributed by atoms with E-state index in [1.54, 1.807) is 12.1 Å². The van der Waals surface area contributed by atoms with Gasteiger partial charge in [-0.2, -0.15) is 0 Å². The van der Waals surface area contributed by atoms with Gasteiger partial charge in [0.25, 0.3) is 6.43 Å². The van der Waals surface area contributed by atoms with Crippen LogP contribution < -0.4 is 20.3 Å². The van der Waals surface area contributed by atoms with Crippen molar-refractivity contribution in [1.82, 2.24) is 30.6 Å². The van der Waals surface area contributed by atoms with E-state index in [0.717, 1.165) is 78.2 Å². The fourth-order valence-corrected chi connectivity index (χ4v) is 7.37. The van der Waals surface area contributed by atoms with Crippen molar-refractivity contribution < 1.29 is 13.5 Å². The minimum Gasteiger partial charge on any atom is -0.488 e. The lowest BCUT2D eigenvalue weighted by Crippen LogP contribution is -2.26. The van der Waals surface area contributed by atoms with Crippen LogP contribution in [0.5, 0.6) is 5.75 Å². The number of rotatable bonds is 8. The average molecular weight is 598 g/mol. The number of nitrogens with one attached hydrogen (secondary N) is 4. The molecule has 0 aliphatic carbocycles. The Morgan fingerprint density at radius 1 is 0.727 bits per heavy atom. The molecule has 0 saturated carbocycles. The van der Waals surface area contributed by atoms with Crippen LogP contribution in [0.15, 0.2) is 60.7 Å². The summed E-state index contributed by atoms with van der Waals surface area (Å²) in [5.74, 6) is 2.46. The first-order valence-electron chi connectivity index (χ1n) is 15.8. The molecule has 0 radical (unpaired) electrons. The van der Waals surface area contributed by atoms with E-state index in [1.165, 1.54) is 24.0 Å². The Kier molecular flexibility index (Phi) is 7.18. The molecular weight excluding hydrogens is 560 g/mol. The zero-order valence-electron chi connectivity index (χ0n) is 24.5. The van der Waals surface area contributed by atoms with E-state index in [0.29, 0.717) is 5.75 Å². The summed E-state index contributed by atoms with van der Waals surface area (Å²) >= 11 is 0. The van der Waals surface area contributed by atoms with E-state index in [9.17, 15) is 8.78 Å². The molecule has 44 heavy (non-hydrogen) atoms. The maximum Gasteiger partial charge on any atom is 0.272 e. The molecule has 3 aliphatic rings. The lowest BCUT2D eigenvalue weighted by molar-refractivity contribution is 0.0819. The number of benzene rings is 3. The Morgan fingerprint density at radius 2 is 1.27 bits per heavy atom. The van der Waals surface area contributed by atoms with Gasteiger partial charge in [-0.25, -0.2) is 18.7 Å². The number of hydrogen-bond donors (Lipinski definition) is 4. The lowest BCUT2D eigenvalue weighted by atomic mass is 10.0. The van der Waals surface area contributed by atoms with Gasteiger partial charge in [0.1, 0.15) is 24.0 Å². The van der Waals surface area contributed by atoms with Crippen molar-refractivity contribution in [1.29, 1.82) is 0 Å². The van der Waals surface area contributed by atoms with E-state index < -0.39 is 13.0 Å². The third-order valence-corrected chi connectivity index (χ3v) is 9.49. The van der Waals surface area contributed by atoms with Crippen LogP contribution in [0, 0.1) is 0 Å². The zero-order chi connectivity index (χ0) is 29.6. The van der Waals surface area contributed by atoms with E-state index in [4.69, 9.17) is 14.7 Å². The molecule has 3 aromatic carbocycles. The molecule has 8 rings (SSSR count). The highest BCUT2D eigenvalue weighted by molar-refractivity contribution is 5.78. The molecule has 2 aromatic heterocycles. The van der Waals surface area contributed by atoms with Gasteiger partial charge in [0, 0.05) is 5.69 Å². The zero-order valence-corrected chi connectivity index (χ0v) is 24.5.